The largest absolute Gasteiger partial charge is 0.375 e. The first-order valence-electron chi connectivity index (χ1n) is 16.9. The molecule has 1 heteroatoms. The first kappa shape index (κ1) is 35.0. The van der Waals surface area contributed by atoms with Crippen LogP contribution >= 0.6 is 0 Å². The van der Waals surface area contributed by atoms with Gasteiger partial charge in [0, 0.05) is 0 Å². The molecule has 0 saturated heterocycles. The zero-order valence-electron chi connectivity index (χ0n) is 25.4. The molecule has 35 heavy (non-hydrogen) atoms. The average Bonchev–Trinajstić information content (AvgIpc) is 2.87. The predicted octanol–water partition coefficient (Wildman–Crippen LogP) is 12.7. The van der Waals surface area contributed by atoms with Gasteiger partial charge in [-0.1, -0.05) is 182 Å². The molecule has 0 fully saturated rings. The maximum absolute atomic E-state index is 6.82. The van der Waals surface area contributed by atoms with Crippen LogP contribution in [0.2, 0.25) is 0 Å². The van der Waals surface area contributed by atoms with Gasteiger partial charge in [-0.2, -0.15) is 0 Å². The Bertz CT molecular complexity index is 332. The summed E-state index contributed by atoms with van der Waals surface area (Å²) in [6, 6.07) is 0. The van der Waals surface area contributed by atoms with Gasteiger partial charge < -0.3 is 4.74 Å². The Kier molecular flexibility index (Phi) is 30.2. The minimum atomic E-state index is 0.522. The van der Waals surface area contributed by atoms with Crippen molar-refractivity contribution in [1.29, 1.82) is 0 Å². The van der Waals surface area contributed by atoms with Crippen LogP contribution in [0.4, 0.5) is 0 Å². The van der Waals surface area contributed by atoms with E-state index < -0.39 is 0 Å². The lowest BCUT2D eigenvalue weighted by Crippen LogP contribution is -2.23. The van der Waals surface area contributed by atoms with Crippen LogP contribution in [0.25, 0.3) is 0 Å². The SMILES string of the molecule is CCCCCCCCCCCCC(CCCC)OC(CCCC)CCCCCCCCCCCC. The Hall–Kier alpha value is -0.0400. The molecule has 0 saturated carbocycles. The van der Waals surface area contributed by atoms with Crippen LogP contribution in [0.1, 0.15) is 207 Å². The molecule has 0 aliphatic carbocycles. The van der Waals surface area contributed by atoms with Crippen molar-refractivity contribution in [2.24, 2.45) is 0 Å². The molecule has 0 aromatic rings. The minimum Gasteiger partial charge on any atom is -0.375 e. The Balaban J connectivity index is 4.06. The van der Waals surface area contributed by atoms with Gasteiger partial charge in [-0.25, -0.2) is 0 Å². The molecule has 0 amide bonds. The highest BCUT2D eigenvalue weighted by molar-refractivity contribution is 4.66. The van der Waals surface area contributed by atoms with Gasteiger partial charge in [0.15, 0.2) is 0 Å². The summed E-state index contributed by atoms with van der Waals surface area (Å²) in [7, 11) is 0. The van der Waals surface area contributed by atoms with E-state index in [1.54, 1.807) is 0 Å². The van der Waals surface area contributed by atoms with Crippen molar-refractivity contribution in [3.05, 3.63) is 0 Å². The fraction of sp³-hybridized carbons (Fsp3) is 1.00. The Morgan fingerprint density at radius 3 is 0.800 bits per heavy atom. The zero-order valence-corrected chi connectivity index (χ0v) is 25.4. The van der Waals surface area contributed by atoms with E-state index in [1.807, 2.05) is 0 Å². The number of hydrogen-bond acceptors (Lipinski definition) is 1. The maximum atomic E-state index is 6.82. The van der Waals surface area contributed by atoms with Crippen LogP contribution < -0.4 is 0 Å². The van der Waals surface area contributed by atoms with E-state index in [4.69, 9.17) is 4.74 Å². The summed E-state index contributed by atoms with van der Waals surface area (Å²) in [6.45, 7) is 9.27. The summed E-state index contributed by atoms with van der Waals surface area (Å²) in [5.74, 6) is 0. The Labute approximate surface area is 224 Å². The smallest absolute Gasteiger partial charge is 0.0578 e. The molecule has 0 aromatic carbocycles. The van der Waals surface area contributed by atoms with E-state index >= 15 is 0 Å². The van der Waals surface area contributed by atoms with Gasteiger partial charge in [-0.15, -0.1) is 0 Å². The van der Waals surface area contributed by atoms with Crippen LogP contribution in [-0.4, -0.2) is 12.2 Å². The van der Waals surface area contributed by atoms with E-state index in [0.29, 0.717) is 12.2 Å². The van der Waals surface area contributed by atoms with Crippen molar-refractivity contribution in [3.63, 3.8) is 0 Å². The lowest BCUT2D eigenvalue weighted by molar-refractivity contribution is -0.0321. The third kappa shape index (κ3) is 26.8. The van der Waals surface area contributed by atoms with E-state index in [9.17, 15) is 0 Å². The highest BCUT2D eigenvalue weighted by Gasteiger charge is 2.16. The van der Waals surface area contributed by atoms with Crippen molar-refractivity contribution in [1.82, 2.24) is 0 Å². The third-order valence-corrected chi connectivity index (χ3v) is 7.90. The molecule has 0 aliphatic heterocycles. The van der Waals surface area contributed by atoms with Crippen molar-refractivity contribution >= 4 is 0 Å². The van der Waals surface area contributed by atoms with E-state index in [2.05, 4.69) is 27.7 Å². The lowest BCUT2D eigenvalue weighted by atomic mass is 10.0. The highest BCUT2D eigenvalue weighted by Crippen LogP contribution is 2.22. The van der Waals surface area contributed by atoms with Gasteiger partial charge in [0.1, 0.15) is 0 Å². The van der Waals surface area contributed by atoms with Crippen LogP contribution in [0.5, 0.6) is 0 Å². The lowest BCUT2D eigenvalue weighted by Gasteiger charge is -2.25. The second kappa shape index (κ2) is 30.2. The molecule has 0 spiro atoms. The second-order valence-electron chi connectivity index (χ2n) is 11.6. The second-order valence-corrected chi connectivity index (χ2v) is 11.6. The Morgan fingerprint density at radius 2 is 0.514 bits per heavy atom. The molecule has 2 atom stereocenters. The molecular formula is C34H70O. The van der Waals surface area contributed by atoms with Gasteiger partial charge in [0.2, 0.25) is 0 Å². The number of rotatable bonds is 30. The standard InChI is InChI=1S/C34H70O/c1-5-9-13-15-17-19-21-23-25-27-31-33(29-11-7-3)35-34(30-12-8-4)32-28-26-24-22-20-18-16-14-10-6-2/h33-34H,5-32H2,1-4H3. The molecule has 212 valence electrons. The summed E-state index contributed by atoms with van der Waals surface area (Å²) < 4.78 is 6.82. The van der Waals surface area contributed by atoms with Crippen molar-refractivity contribution in [2.45, 2.75) is 220 Å². The van der Waals surface area contributed by atoms with Crippen LogP contribution in [0.3, 0.4) is 0 Å². The summed E-state index contributed by atoms with van der Waals surface area (Å²) in [5.41, 5.74) is 0. The summed E-state index contributed by atoms with van der Waals surface area (Å²) in [4.78, 5) is 0. The fourth-order valence-electron chi connectivity index (χ4n) is 5.42. The van der Waals surface area contributed by atoms with Crippen molar-refractivity contribution in [2.75, 3.05) is 0 Å². The van der Waals surface area contributed by atoms with Gasteiger partial charge in [0.25, 0.3) is 0 Å². The normalized spacial score (nSPS) is 13.4. The molecule has 0 heterocycles. The summed E-state index contributed by atoms with van der Waals surface area (Å²) in [6.07, 6.45) is 40.1. The van der Waals surface area contributed by atoms with Crippen LogP contribution in [0.15, 0.2) is 0 Å². The third-order valence-electron chi connectivity index (χ3n) is 7.90. The van der Waals surface area contributed by atoms with Gasteiger partial charge in [-0.05, 0) is 25.7 Å². The molecule has 0 radical (unpaired) electrons. The molecule has 0 N–H and O–H groups in total. The van der Waals surface area contributed by atoms with Crippen molar-refractivity contribution < 1.29 is 4.74 Å². The number of hydrogen-bond donors (Lipinski definition) is 0. The zero-order chi connectivity index (χ0) is 25.7. The topological polar surface area (TPSA) is 9.23 Å². The highest BCUT2D eigenvalue weighted by atomic mass is 16.5. The minimum absolute atomic E-state index is 0.522. The van der Waals surface area contributed by atoms with E-state index in [-0.39, 0.29) is 0 Å². The van der Waals surface area contributed by atoms with Gasteiger partial charge >= 0.3 is 0 Å². The molecular weight excluding hydrogens is 424 g/mol. The molecule has 0 rings (SSSR count). The van der Waals surface area contributed by atoms with Crippen molar-refractivity contribution in [3.8, 4) is 0 Å². The van der Waals surface area contributed by atoms with Gasteiger partial charge in [0.05, 0.1) is 12.2 Å². The Morgan fingerprint density at radius 1 is 0.286 bits per heavy atom. The molecule has 0 bridgehead atoms. The quantitative estimate of drug-likeness (QED) is 0.0902. The predicted molar refractivity (Wildman–Crippen MR) is 161 cm³/mol. The van der Waals surface area contributed by atoms with Gasteiger partial charge in [-0.3, -0.25) is 0 Å². The fourth-order valence-corrected chi connectivity index (χ4v) is 5.42. The molecule has 1 nitrogen and oxygen atoms in total. The number of ether oxygens (including phenoxy) is 1. The molecule has 0 aromatic heterocycles. The first-order chi connectivity index (χ1) is 17.3. The molecule has 0 aliphatic rings. The van der Waals surface area contributed by atoms with Crippen LogP contribution in [-0.2, 0) is 4.74 Å². The average molecular weight is 495 g/mol. The van der Waals surface area contributed by atoms with E-state index in [0.717, 1.165) is 0 Å². The first-order valence-corrected chi connectivity index (χ1v) is 16.9. The number of unbranched alkanes of at least 4 members (excludes halogenated alkanes) is 20. The van der Waals surface area contributed by atoms with Crippen LogP contribution in [0, 0.1) is 0 Å². The monoisotopic (exact) mass is 495 g/mol. The summed E-state index contributed by atoms with van der Waals surface area (Å²) >= 11 is 0. The van der Waals surface area contributed by atoms with E-state index in [1.165, 1.54) is 180 Å². The maximum Gasteiger partial charge on any atom is 0.0578 e. The summed E-state index contributed by atoms with van der Waals surface area (Å²) in [5, 5.41) is 0. The molecule has 2 unspecified atom stereocenters.